The summed E-state index contributed by atoms with van der Waals surface area (Å²) in [6.45, 7) is 0.226. The van der Waals surface area contributed by atoms with E-state index in [9.17, 15) is 26.8 Å². The minimum absolute atomic E-state index is 0. The van der Waals surface area contributed by atoms with E-state index in [0.717, 1.165) is 16.1 Å². The van der Waals surface area contributed by atoms with E-state index < -0.39 is 21.7 Å². The molecule has 2 heterocycles. The normalized spacial score (nSPS) is 11.7. The Bertz CT molecular complexity index is 2280. The first kappa shape index (κ1) is 29.8. The van der Waals surface area contributed by atoms with Crippen LogP contribution in [0.1, 0.15) is 17.3 Å². The second-order valence-electron chi connectivity index (χ2n) is 10.7. The van der Waals surface area contributed by atoms with Crippen LogP contribution in [0.3, 0.4) is 0 Å². The molecule has 0 aliphatic rings. The number of rotatable bonds is 7. The third kappa shape index (κ3) is 5.58. The van der Waals surface area contributed by atoms with Crippen molar-refractivity contribution >= 4 is 43.4 Å². The van der Waals surface area contributed by atoms with E-state index in [-0.39, 0.29) is 41.9 Å². The van der Waals surface area contributed by atoms with Crippen molar-refractivity contribution in [1.82, 2.24) is 9.88 Å². The maximum absolute atomic E-state index is 13.7. The van der Waals surface area contributed by atoms with Gasteiger partial charge < -0.3 is 14.3 Å². The maximum atomic E-state index is 13.7. The van der Waals surface area contributed by atoms with Gasteiger partial charge in [-0.2, -0.15) is 0 Å². The van der Waals surface area contributed by atoms with Crippen molar-refractivity contribution in [2.45, 2.75) is 6.54 Å². The van der Waals surface area contributed by atoms with Crippen molar-refractivity contribution in [3.63, 3.8) is 0 Å². The SMILES string of the molecule is CNC(=O)c1c(-c2ccc(F)cc2)oc2cc(N(C)S(C)(=O)=O)c(-c3ccc4ccn(Cc5ccc(F)cc5)c(=O)c4c3)cc12.[HH]. The zero-order chi connectivity index (χ0) is 32.0. The molecule has 230 valence electrons. The summed E-state index contributed by atoms with van der Waals surface area (Å²) < 4.78 is 61.4. The van der Waals surface area contributed by atoms with Gasteiger partial charge in [-0.15, -0.1) is 0 Å². The highest BCUT2D eigenvalue weighted by atomic mass is 32.2. The van der Waals surface area contributed by atoms with E-state index in [2.05, 4.69) is 5.32 Å². The molecule has 0 saturated carbocycles. The molecule has 1 N–H and O–H groups in total. The standard InChI is InChI=1S/C34H27F2N3O5S.H2/c1-37-33(40)31-28-17-26(29(38(2)45(3,42)43)18-30(28)44-32(31)22-8-12-25(36)13-9-22)23-7-6-21-14-15-39(34(41)27(21)16-23)19-20-4-10-24(35)11-5-20;/h4-18H,19H2,1-3H3,(H,37,40);1H. The van der Waals surface area contributed by atoms with Crippen LogP contribution in [0.5, 0.6) is 0 Å². The van der Waals surface area contributed by atoms with Crippen LogP contribution in [0.4, 0.5) is 14.5 Å². The highest BCUT2D eigenvalue weighted by molar-refractivity contribution is 7.92. The van der Waals surface area contributed by atoms with Crippen molar-refractivity contribution in [2.24, 2.45) is 0 Å². The van der Waals surface area contributed by atoms with E-state index in [0.29, 0.717) is 32.8 Å². The summed E-state index contributed by atoms with van der Waals surface area (Å²) in [5, 5.41) is 4.08. The number of nitrogens with one attached hydrogen (secondary N) is 1. The summed E-state index contributed by atoms with van der Waals surface area (Å²) >= 11 is 0. The number of amides is 1. The van der Waals surface area contributed by atoms with Crippen LogP contribution in [-0.4, -0.2) is 39.2 Å². The number of benzene rings is 4. The molecular formula is C34H29F2N3O5S. The lowest BCUT2D eigenvalue weighted by Gasteiger charge is -2.21. The molecule has 0 bridgehead atoms. The first-order valence-corrected chi connectivity index (χ1v) is 15.7. The minimum atomic E-state index is -3.75. The van der Waals surface area contributed by atoms with Crippen molar-refractivity contribution in [2.75, 3.05) is 24.7 Å². The molecule has 6 rings (SSSR count). The Balaban J connectivity index is 0.00000417. The maximum Gasteiger partial charge on any atom is 0.258 e. The molecule has 8 nitrogen and oxygen atoms in total. The summed E-state index contributed by atoms with van der Waals surface area (Å²) in [5.74, 6) is -1.09. The number of hydrogen-bond donors (Lipinski definition) is 1. The molecule has 2 aromatic heterocycles. The molecule has 45 heavy (non-hydrogen) atoms. The molecule has 0 unspecified atom stereocenters. The molecule has 0 aliphatic carbocycles. The lowest BCUT2D eigenvalue weighted by Crippen LogP contribution is -2.25. The van der Waals surface area contributed by atoms with E-state index in [1.54, 1.807) is 48.7 Å². The van der Waals surface area contributed by atoms with Gasteiger partial charge in [0.25, 0.3) is 11.5 Å². The number of aromatic nitrogens is 1. The number of furan rings is 1. The number of sulfonamides is 1. The number of anilines is 1. The van der Waals surface area contributed by atoms with Gasteiger partial charge in [0, 0.05) is 49.7 Å². The zero-order valence-electron chi connectivity index (χ0n) is 24.5. The number of hydrogen-bond acceptors (Lipinski definition) is 5. The van der Waals surface area contributed by atoms with Crippen molar-refractivity contribution in [3.05, 3.63) is 124 Å². The van der Waals surface area contributed by atoms with Crippen LogP contribution in [0.2, 0.25) is 0 Å². The number of carbonyl (C=O) groups is 1. The molecular weight excluding hydrogens is 600 g/mol. The van der Waals surface area contributed by atoms with Crippen LogP contribution in [0, 0.1) is 11.6 Å². The van der Waals surface area contributed by atoms with Crippen LogP contribution in [0.15, 0.2) is 100 Å². The van der Waals surface area contributed by atoms with E-state index in [1.165, 1.54) is 61.1 Å². The van der Waals surface area contributed by atoms with Gasteiger partial charge in [0.1, 0.15) is 23.0 Å². The predicted octanol–water partition coefficient (Wildman–Crippen LogP) is 6.41. The Kier molecular flexibility index (Phi) is 7.49. The predicted molar refractivity (Wildman–Crippen MR) is 173 cm³/mol. The molecule has 4 aromatic carbocycles. The molecule has 0 spiro atoms. The van der Waals surface area contributed by atoms with Gasteiger partial charge >= 0.3 is 0 Å². The fraction of sp³-hybridized carbons (Fsp3) is 0.118. The third-order valence-electron chi connectivity index (χ3n) is 7.76. The molecule has 0 atom stereocenters. The van der Waals surface area contributed by atoms with E-state index in [1.807, 2.05) is 0 Å². The smallest absolute Gasteiger partial charge is 0.258 e. The lowest BCUT2D eigenvalue weighted by molar-refractivity contribution is 0.0964. The monoisotopic (exact) mass is 629 g/mol. The Hall–Kier alpha value is -5.29. The highest BCUT2D eigenvalue weighted by Gasteiger charge is 2.26. The number of pyridine rings is 1. The summed E-state index contributed by atoms with van der Waals surface area (Å²) in [4.78, 5) is 26.8. The van der Waals surface area contributed by atoms with Gasteiger partial charge in [-0.3, -0.25) is 13.9 Å². The van der Waals surface area contributed by atoms with Gasteiger partial charge in [-0.25, -0.2) is 17.2 Å². The van der Waals surface area contributed by atoms with Gasteiger partial charge in [0.2, 0.25) is 10.0 Å². The summed E-state index contributed by atoms with van der Waals surface area (Å²) in [5.41, 5.74) is 2.57. The summed E-state index contributed by atoms with van der Waals surface area (Å²) in [6, 6.07) is 21.6. The fourth-order valence-corrected chi connectivity index (χ4v) is 5.82. The Morgan fingerprint density at radius 3 is 2.20 bits per heavy atom. The number of halogens is 2. The number of nitrogens with zero attached hydrogens (tertiary/aromatic N) is 2. The lowest BCUT2D eigenvalue weighted by atomic mass is 9.97. The molecule has 0 radical (unpaired) electrons. The molecule has 0 saturated heterocycles. The molecule has 0 aliphatic heterocycles. The Morgan fingerprint density at radius 2 is 1.56 bits per heavy atom. The van der Waals surface area contributed by atoms with Gasteiger partial charge in [0.05, 0.1) is 24.1 Å². The van der Waals surface area contributed by atoms with Crippen molar-refractivity contribution in [1.29, 1.82) is 0 Å². The average Bonchev–Trinajstić information content (AvgIpc) is 3.40. The number of carbonyl (C=O) groups excluding carboxylic acids is 1. The molecule has 0 fully saturated rings. The van der Waals surface area contributed by atoms with E-state index >= 15 is 0 Å². The Labute approximate surface area is 258 Å². The largest absolute Gasteiger partial charge is 0.455 e. The fourth-order valence-electron chi connectivity index (χ4n) is 5.32. The van der Waals surface area contributed by atoms with Crippen LogP contribution in [-0.2, 0) is 16.6 Å². The second-order valence-corrected chi connectivity index (χ2v) is 12.7. The van der Waals surface area contributed by atoms with Crippen LogP contribution < -0.4 is 15.2 Å². The van der Waals surface area contributed by atoms with Gasteiger partial charge in [0.15, 0.2) is 0 Å². The average molecular weight is 630 g/mol. The van der Waals surface area contributed by atoms with Gasteiger partial charge in [-0.05, 0) is 71.1 Å². The quantitative estimate of drug-likeness (QED) is 0.220. The summed E-state index contributed by atoms with van der Waals surface area (Å²) in [7, 11) is -0.875. The van der Waals surface area contributed by atoms with Gasteiger partial charge in [-0.1, -0.05) is 24.3 Å². The van der Waals surface area contributed by atoms with E-state index in [4.69, 9.17) is 4.42 Å². The molecule has 11 heteroatoms. The van der Waals surface area contributed by atoms with Crippen LogP contribution >= 0.6 is 0 Å². The second kappa shape index (κ2) is 11.3. The topological polar surface area (TPSA) is 102 Å². The van der Waals surface area contributed by atoms with Crippen molar-refractivity contribution < 1.29 is 27.8 Å². The Morgan fingerprint density at radius 1 is 0.911 bits per heavy atom. The van der Waals surface area contributed by atoms with Crippen molar-refractivity contribution in [3.8, 4) is 22.5 Å². The highest BCUT2D eigenvalue weighted by Crippen LogP contribution is 2.41. The summed E-state index contributed by atoms with van der Waals surface area (Å²) in [6.07, 6.45) is 2.73. The zero-order valence-corrected chi connectivity index (χ0v) is 25.3. The molecule has 6 aromatic rings. The van der Waals surface area contributed by atoms with Crippen LogP contribution in [0.25, 0.3) is 44.2 Å². The number of fused-ring (bicyclic) bond motifs is 2. The molecule has 1 amide bonds. The first-order valence-electron chi connectivity index (χ1n) is 13.8. The minimum Gasteiger partial charge on any atom is -0.455 e. The first-order chi connectivity index (χ1) is 21.4. The third-order valence-corrected chi connectivity index (χ3v) is 8.95.